The number of methoxy groups -OCH3 is 1. The third-order valence-electron chi connectivity index (χ3n) is 1.49. The van der Waals surface area contributed by atoms with Gasteiger partial charge in [-0.1, -0.05) is 0 Å². The van der Waals surface area contributed by atoms with Gasteiger partial charge in [0.15, 0.2) is 0 Å². The van der Waals surface area contributed by atoms with Crippen molar-refractivity contribution < 1.29 is 4.74 Å². The van der Waals surface area contributed by atoms with Crippen LogP contribution in [0.4, 0.5) is 5.95 Å². The van der Waals surface area contributed by atoms with E-state index in [4.69, 9.17) is 16.3 Å². The zero-order valence-corrected chi connectivity index (χ0v) is 8.67. The quantitative estimate of drug-likeness (QED) is 0.691. The summed E-state index contributed by atoms with van der Waals surface area (Å²) >= 11 is 5.67. The number of alkyl halides is 1. The van der Waals surface area contributed by atoms with Crippen LogP contribution >= 0.6 is 11.6 Å². The molecular formula is C8H12ClN3O. The number of ether oxygens (including phenoxy) is 1. The summed E-state index contributed by atoms with van der Waals surface area (Å²) in [4.78, 5) is 10.1. The molecule has 5 heteroatoms. The minimum absolute atomic E-state index is 0.361. The Morgan fingerprint density at radius 3 is 2.62 bits per heavy atom. The summed E-state index contributed by atoms with van der Waals surface area (Å²) in [6, 6.07) is 1.72. The first-order valence-electron chi connectivity index (χ1n) is 3.82. The normalized spacial score (nSPS) is 9.85. The van der Waals surface area contributed by atoms with E-state index in [1.807, 2.05) is 14.1 Å². The summed E-state index contributed by atoms with van der Waals surface area (Å²) in [5, 5.41) is 0. The van der Waals surface area contributed by atoms with Crippen molar-refractivity contribution in [2.75, 3.05) is 26.1 Å². The van der Waals surface area contributed by atoms with Gasteiger partial charge in [-0.3, -0.25) is 0 Å². The molecule has 0 aliphatic carbocycles. The highest BCUT2D eigenvalue weighted by atomic mass is 35.5. The van der Waals surface area contributed by atoms with Gasteiger partial charge >= 0.3 is 0 Å². The van der Waals surface area contributed by atoms with Crippen LogP contribution in [0.5, 0.6) is 5.88 Å². The fourth-order valence-electron chi connectivity index (χ4n) is 0.832. The van der Waals surface area contributed by atoms with Gasteiger partial charge in [-0.25, -0.2) is 4.98 Å². The molecule has 0 fully saturated rings. The summed E-state index contributed by atoms with van der Waals surface area (Å²) in [7, 11) is 5.30. The maximum absolute atomic E-state index is 5.67. The lowest BCUT2D eigenvalue weighted by Gasteiger charge is -2.11. The van der Waals surface area contributed by atoms with Crippen molar-refractivity contribution in [2.45, 2.75) is 5.88 Å². The van der Waals surface area contributed by atoms with Crippen molar-refractivity contribution in [3.05, 3.63) is 11.8 Å². The van der Waals surface area contributed by atoms with Gasteiger partial charge in [0.1, 0.15) is 0 Å². The van der Waals surface area contributed by atoms with Crippen LogP contribution < -0.4 is 9.64 Å². The second-order valence-electron chi connectivity index (χ2n) is 2.73. The van der Waals surface area contributed by atoms with Gasteiger partial charge in [-0.2, -0.15) is 4.98 Å². The molecule has 0 aromatic carbocycles. The van der Waals surface area contributed by atoms with Crippen LogP contribution in [0.1, 0.15) is 5.69 Å². The average Bonchev–Trinajstić information content (AvgIpc) is 2.16. The molecular weight excluding hydrogens is 190 g/mol. The van der Waals surface area contributed by atoms with Crippen LogP contribution in [-0.2, 0) is 5.88 Å². The minimum Gasteiger partial charge on any atom is -0.481 e. The fourth-order valence-corrected chi connectivity index (χ4v) is 0.969. The standard InChI is InChI=1S/C8H12ClN3O/c1-12(2)8-10-6(5-9)4-7(11-8)13-3/h4H,5H2,1-3H3. The molecule has 1 aromatic rings. The second kappa shape index (κ2) is 4.28. The van der Waals surface area contributed by atoms with E-state index in [1.54, 1.807) is 18.1 Å². The molecule has 0 atom stereocenters. The molecule has 0 N–H and O–H groups in total. The van der Waals surface area contributed by atoms with Crippen molar-refractivity contribution in [1.82, 2.24) is 9.97 Å². The van der Waals surface area contributed by atoms with Crippen LogP contribution in [0.25, 0.3) is 0 Å². The second-order valence-corrected chi connectivity index (χ2v) is 3.00. The molecule has 0 saturated carbocycles. The lowest BCUT2D eigenvalue weighted by atomic mass is 10.4. The summed E-state index contributed by atoms with van der Waals surface area (Å²) in [5.41, 5.74) is 0.761. The van der Waals surface area contributed by atoms with E-state index in [0.717, 1.165) is 5.69 Å². The molecule has 0 unspecified atom stereocenters. The lowest BCUT2D eigenvalue weighted by Crippen LogP contribution is -2.13. The molecule has 1 heterocycles. The van der Waals surface area contributed by atoms with E-state index in [-0.39, 0.29) is 0 Å². The topological polar surface area (TPSA) is 38.2 Å². The van der Waals surface area contributed by atoms with Crippen molar-refractivity contribution >= 4 is 17.5 Å². The number of anilines is 1. The number of rotatable bonds is 3. The number of nitrogens with zero attached hydrogens (tertiary/aromatic N) is 3. The van der Waals surface area contributed by atoms with E-state index in [2.05, 4.69) is 9.97 Å². The van der Waals surface area contributed by atoms with Gasteiger partial charge in [-0.15, -0.1) is 11.6 Å². The maximum atomic E-state index is 5.67. The van der Waals surface area contributed by atoms with Gasteiger partial charge in [0.2, 0.25) is 11.8 Å². The third kappa shape index (κ3) is 2.45. The Morgan fingerprint density at radius 2 is 2.15 bits per heavy atom. The van der Waals surface area contributed by atoms with Crippen molar-refractivity contribution in [1.29, 1.82) is 0 Å². The first kappa shape index (κ1) is 10.1. The van der Waals surface area contributed by atoms with Crippen molar-refractivity contribution in [3.63, 3.8) is 0 Å². The van der Waals surface area contributed by atoms with E-state index in [1.165, 1.54) is 0 Å². The summed E-state index contributed by atoms with van der Waals surface area (Å²) in [6.45, 7) is 0. The van der Waals surface area contributed by atoms with Crippen LogP contribution in [0, 0.1) is 0 Å². The zero-order valence-electron chi connectivity index (χ0n) is 7.91. The highest BCUT2D eigenvalue weighted by Crippen LogP contribution is 2.14. The Morgan fingerprint density at radius 1 is 1.46 bits per heavy atom. The fraction of sp³-hybridized carbons (Fsp3) is 0.500. The smallest absolute Gasteiger partial charge is 0.228 e. The number of hydrogen-bond acceptors (Lipinski definition) is 4. The molecule has 72 valence electrons. The van der Waals surface area contributed by atoms with Crippen molar-refractivity contribution in [2.24, 2.45) is 0 Å². The predicted octanol–water partition coefficient (Wildman–Crippen LogP) is 1.29. The highest BCUT2D eigenvalue weighted by Gasteiger charge is 2.05. The third-order valence-corrected chi connectivity index (χ3v) is 1.76. The average molecular weight is 202 g/mol. The molecule has 0 saturated heterocycles. The van der Waals surface area contributed by atoms with Crippen LogP contribution in [-0.4, -0.2) is 31.2 Å². The van der Waals surface area contributed by atoms with E-state index in [0.29, 0.717) is 17.7 Å². The molecule has 1 rings (SSSR count). The van der Waals surface area contributed by atoms with E-state index in [9.17, 15) is 0 Å². The molecule has 0 spiro atoms. The van der Waals surface area contributed by atoms with E-state index >= 15 is 0 Å². The summed E-state index contributed by atoms with van der Waals surface area (Å²) < 4.78 is 5.01. The molecule has 0 radical (unpaired) electrons. The first-order valence-corrected chi connectivity index (χ1v) is 4.36. The molecule has 0 aliphatic rings. The molecule has 0 bridgehead atoms. The first-order chi connectivity index (χ1) is 6.17. The monoisotopic (exact) mass is 201 g/mol. The predicted molar refractivity (Wildman–Crippen MR) is 52.5 cm³/mol. The molecule has 0 aliphatic heterocycles. The lowest BCUT2D eigenvalue weighted by molar-refractivity contribution is 0.396. The maximum Gasteiger partial charge on any atom is 0.228 e. The van der Waals surface area contributed by atoms with E-state index < -0.39 is 0 Å². The Bertz CT molecular complexity index is 268. The van der Waals surface area contributed by atoms with Gasteiger partial charge in [0.25, 0.3) is 0 Å². The summed E-state index contributed by atoms with van der Waals surface area (Å²) in [5.74, 6) is 1.50. The van der Waals surface area contributed by atoms with Crippen LogP contribution in [0.3, 0.4) is 0 Å². The minimum atomic E-state index is 0.361. The Kier molecular flexibility index (Phi) is 3.31. The Hall–Kier alpha value is -1.03. The molecule has 13 heavy (non-hydrogen) atoms. The largest absolute Gasteiger partial charge is 0.481 e. The number of halogens is 1. The molecule has 1 aromatic heterocycles. The van der Waals surface area contributed by atoms with Gasteiger partial charge in [0.05, 0.1) is 18.7 Å². The van der Waals surface area contributed by atoms with Crippen molar-refractivity contribution in [3.8, 4) is 5.88 Å². The summed E-state index contributed by atoms with van der Waals surface area (Å²) in [6.07, 6.45) is 0. The molecule has 0 amide bonds. The SMILES string of the molecule is COc1cc(CCl)nc(N(C)C)n1. The van der Waals surface area contributed by atoms with Gasteiger partial charge < -0.3 is 9.64 Å². The van der Waals surface area contributed by atoms with Gasteiger partial charge in [-0.05, 0) is 0 Å². The zero-order chi connectivity index (χ0) is 9.84. The van der Waals surface area contributed by atoms with Crippen LogP contribution in [0.2, 0.25) is 0 Å². The highest BCUT2D eigenvalue weighted by molar-refractivity contribution is 6.16. The van der Waals surface area contributed by atoms with Gasteiger partial charge in [0, 0.05) is 20.2 Å². The Labute approximate surface area is 82.5 Å². The molecule has 4 nitrogen and oxygen atoms in total. The number of aromatic nitrogens is 2. The number of hydrogen-bond donors (Lipinski definition) is 0. The van der Waals surface area contributed by atoms with Crippen LogP contribution in [0.15, 0.2) is 6.07 Å². The Balaban J connectivity index is 3.07.